The molecule has 1 aliphatic rings. The zero-order valence-electron chi connectivity index (χ0n) is 8.43. The summed E-state index contributed by atoms with van der Waals surface area (Å²) >= 11 is 4.87. The summed E-state index contributed by atoms with van der Waals surface area (Å²) in [7, 11) is 0. The van der Waals surface area contributed by atoms with E-state index in [1.807, 2.05) is 0 Å². The molecule has 2 rings (SSSR count). The van der Waals surface area contributed by atoms with Gasteiger partial charge in [-0.15, -0.1) is 0 Å². The van der Waals surface area contributed by atoms with E-state index in [0.717, 1.165) is 0 Å². The number of hydrogen-bond donors (Lipinski definition) is 3. The lowest BCUT2D eigenvalue weighted by atomic mass is 10.2. The second kappa shape index (κ2) is 4.40. The molecule has 84 valence electrons. The van der Waals surface area contributed by atoms with E-state index in [1.54, 1.807) is 6.20 Å². The molecule has 1 aromatic rings. The van der Waals surface area contributed by atoms with Gasteiger partial charge in [0, 0.05) is 25.4 Å². The average molecular weight is 237 g/mol. The number of thiocarbonyl (C=S) groups is 1. The van der Waals surface area contributed by atoms with Crippen molar-refractivity contribution in [1.82, 2.24) is 15.3 Å². The lowest BCUT2D eigenvalue weighted by molar-refractivity contribution is -0.119. The Balaban J connectivity index is 2.14. The Morgan fingerprint density at radius 1 is 1.56 bits per heavy atom. The Morgan fingerprint density at radius 2 is 2.31 bits per heavy atom. The molecule has 4 N–H and O–H groups in total. The van der Waals surface area contributed by atoms with Crippen LogP contribution in [0.15, 0.2) is 12.4 Å². The number of amides is 1. The minimum atomic E-state index is 0.0114. The Bertz CT molecular complexity index is 436. The zero-order valence-corrected chi connectivity index (χ0v) is 9.25. The summed E-state index contributed by atoms with van der Waals surface area (Å²) in [5, 5.41) is 5.82. The van der Waals surface area contributed by atoms with Crippen LogP contribution in [0.25, 0.3) is 0 Å². The van der Waals surface area contributed by atoms with Crippen molar-refractivity contribution in [2.75, 3.05) is 11.9 Å². The first-order valence-corrected chi connectivity index (χ1v) is 5.21. The highest BCUT2D eigenvalue weighted by Crippen LogP contribution is 2.12. The van der Waals surface area contributed by atoms with E-state index in [-0.39, 0.29) is 16.9 Å². The molecule has 2 heterocycles. The number of nitrogens with zero attached hydrogens (tertiary/aromatic N) is 2. The fraction of sp³-hybridized carbons (Fsp3) is 0.333. The summed E-state index contributed by atoms with van der Waals surface area (Å²) in [6.07, 6.45) is 3.50. The maximum atomic E-state index is 11.0. The topological polar surface area (TPSA) is 92.9 Å². The molecule has 0 aromatic carbocycles. The van der Waals surface area contributed by atoms with Crippen molar-refractivity contribution < 1.29 is 4.79 Å². The van der Waals surface area contributed by atoms with Crippen LogP contribution < -0.4 is 16.4 Å². The van der Waals surface area contributed by atoms with Crippen LogP contribution >= 0.6 is 12.2 Å². The Labute approximate surface area is 97.6 Å². The van der Waals surface area contributed by atoms with Crippen LogP contribution in [0.5, 0.6) is 0 Å². The molecule has 1 aromatic heterocycles. The van der Waals surface area contributed by atoms with Gasteiger partial charge in [0.15, 0.2) is 5.82 Å². The number of aromatic nitrogens is 2. The molecule has 7 heteroatoms. The van der Waals surface area contributed by atoms with E-state index in [0.29, 0.717) is 24.5 Å². The molecule has 1 fully saturated rings. The summed E-state index contributed by atoms with van der Waals surface area (Å²) in [4.78, 5) is 19.4. The molecule has 1 unspecified atom stereocenters. The lowest BCUT2D eigenvalue weighted by Crippen LogP contribution is -2.25. The third-order valence-electron chi connectivity index (χ3n) is 2.25. The van der Waals surface area contributed by atoms with Crippen molar-refractivity contribution >= 4 is 28.9 Å². The Morgan fingerprint density at radius 3 is 2.94 bits per heavy atom. The van der Waals surface area contributed by atoms with E-state index < -0.39 is 0 Å². The van der Waals surface area contributed by atoms with Crippen LogP contribution in [0.2, 0.25) is 0 Å². The van der Waals surface area contributed by atoms with Crippen LogP contribution in [0.1, 0.15) is 12.1 Å². The normalized spacial score (nSPS) is 19.2. The van der Waals surface area contributed by atoms with E-state index >= 15 is 0 Å². The first kappa shape index (κ1) is 10.7. The van der Waals surface area contributed by atoms with Gasteiger partial charge in [0.05, 0.1) is 6.04 Å². The van der Waals surface area contributed by atoms with Crippen LogP contribution in [-0.4, -0.2) is 33.5 Å². The molecule has 16 heavy (non-hydrogen) atoms. The fourth-order valence-electron chi connectivity index (χ4n) is 1.52. The fourth-order valence-corrected chi connectivity index (χ4v) is 1.67. The van der Waals surface area contributed by atoms with Gasteiger partial charge in [0.1, 0.15) is 10.7 Å². The van der Waals surface area contributed by atoms with Crippen LogP contribution in [0, 0.1) is 0 Å². The number of hydrogen-bond acceptors (Lipinski definition) is 5. The quantitative estimate of drug-likeness (QED) is 0.609. The summed E-state index contributed by atoms with van der Waals surface area (Å²) in [6, 6.07) is 0.0114. The Hall–Kier alpha value is -1.76. The zero-order chi connectivity index (χ0) is 11.5. The lowest BCUT2D eigenvalue weighted by Gasteiger charge is -2.12. The molecular weight excluding hydrogens is 226 g/mol. The van der Waals surface area contributed by atoms with E-state index in [1.165, 1.54) is 6.20 Å². The Kier molecular flexibility index (Phi) is 2.95. The average Bonchev–Trinajstić information content (AvgIpc) is 2.64. The number of carbonyl (C=O) groups excluding carboxylic acids is 1. The van der Waals surface area contributed by atoms with Crippen LogP contribution in [0.4, 0.5) is 5.82 Å². The summed E-state index contributed by atoms with van der Waals surface area (Å²) in [5.41, 5.74) is 5.98. The smallest absolute Gasteiger partial charge is 0.222 e. The van der Waals surface area contributed by atoms with Gasteiger partial charge in [-0.25, -0.2) is 9.97 Å². The highest BCUT2D eigenvalue weighted by molar-refractivity contribution is 7.80. The number of rotatable bonds is 3. The molecule has 0 spiro atoms. The van der Waals surface area contributed by atoms with Crippen molar-refractivity contribution in [1.29, 1.82) is 0 Å². The maximum absolute atomic E-state index is 11.0. The van der Waals surface area contributed by atoms with Gasteiger partial charge in [0.2, 0.25) is 5.91 Å². The highest BCUT2D eigenvalue weighted by atomic mass is 32.1. The molecule has 0 radical (unpaired) electrons. The van der Waals surface area contributed by atoms with E-state index in [9.17, 15) is 4.79 Å². The first-order valence-electron chi connectivity index (χ1n) is 4.81. The molecule has 6 nitrogen and oxygen atoms in total. The predicted octanol–water partition coefficient (Wildman–Crippen LogP) is -0.589. The SMILES string of the molecule is NC(=S)c1nccnc1NC1CNC(=O)C1. The number of anilines is 1. The monoisotopic (exact) mass is 237 g/mol. The number of nitrogens with one attached hydrogen (secondary N) is 2. The second-order valence-corrected chi connectivity index (χ2v) is 3.91. The van der Waals surface area contributed by atoms with Crippen molar-refractivity contribution in [3.05, 3.63) is 18.1 Å². The minimum absolute atomic E-state index is 0.0114. The number of nitrogens with two attached hydrogens (primary N) is 1. The van der Waals surface area contributed by atoms with Gasteiger partial charge >= 0.3 is 0 Å². The van der Waals surface area contributed by atoms with Gasteiger partial charge in [-0.3, -0.25) is 4.79 Å². The summed E-state index contributed by atoms with van der Waals surface area (Å²) in [5.74, 6) is 0.551. The van der Waals surface area contributed by atoms with Gasteiger partial charge in [0.25, 0.3) is 0 Å². The maximum Gasteiger partial charge on any atom is 0.222 e. The highest BCUT2D eigenvalue weighted by Gasteiger charge is 2.22. The third kappa shape index (κ3) is 2.25. The summed E-state index contributed by atoms with van der Waals surface area (Å²) in [6.45, 7) is 0.576. The number of carbonyl (C=O) groups is 1. The first-order chi connectivity index (χ1) is 7.66. The standard InChI is InChI=1S/C9H11N5OS/c10-8(16)7-9(12-2-1-11-7)14-5-3-6(15)13-4-5/h1-2,5H,3-4H2,(H2,10,16)(H,12,14)(H,13,15). The van der Waals surface area contributed by atoms with E-state index in [4.69, 9.17) is 18.0 Å². The van der Waals surface area contributed by atoms with Crippen molar-refractivity contribution in [3.8, 4) is 0 Å². The van der Waals surface area contributed by atoms with Gasteiger partial charge < -0.3 is 16.4 Å². The molecule has 0 bridgehead atoms. The van der Waals surface area contributed by atoms with E-state index in [2.05, 4.69) is 20.6 Å². The van der Waals surface area contributed by atoms with Crippen LogP contribution in [0.3, 0.4) is 0 Å². The van der Waals surface area contributed by atoms with Gasteiger partial charge in [-0.1, -0.05) is 12.2 Å². The predicted molar refractivity (Wildman–Crippen MR) is 63.0 cm³/mol. The van der Waals surface area contributed by atoms with Crippen LogP contribution in [-0.2, 0) is 4.79 Å². The molecule has 1 saturated heterocycles. The molecule has 0 aliphatic carbocycles. The molecule has 1 atom stereocenters. The molecular formula is C9H11N5OS. The molecule has 1 amide bonds. The molecule has 1 aliphatic heterocycles. The van der Waals surface area contributed by atoms with Gasteiger partial charge in [-0.05, 0) is 0 Å². The summed E-state index contributed by atoms with van der Waals surface area (Å²) < 4.78 is 0. The van der Waals surface area contributed by atoms with Crippen molar-refractivity contribution in [2.24, 2.45) is 5.73 Å². The van der Waals surface area contributed by atoms with Crippen molar-refractivity contribution in [2.45, 2.75) is 12.5 Å². The molecule has 0 saturated carbocycles. The van der Waals surface area contributed by atoms with Crippen molar-refractivity contribution in [3.63, 3.8) is 0 Å². The second-order valence-electron chi connectivity index (χ2n) is 3.47. The third-order valence-corrected chi connectivity index (χ3v) is 2.44. The minimum Gasteiger partial charge on any atom is -0.388 e. The largest absolute Gasteiger partial charge is 0.388 e. The van der Waals surface area contributed by atoms with Gasteiger partial charge in [-0.2, -0.15) is 0 Å².